The first-order valence-corrected chi connectivity index (χ1v) is 11.9. The molecule has 1 saturated heterocycles. The molecule has 2 aromatic carbocycles. The molecule has 5 rings (SSSR count). The highest BCUT2D eigenvalue weighted by molar-refractivity contribution is 5.94. The number of H-pyrrole nitrogens is 1. The van der Waals surface area contributed by atoms with E-state index in [0.717, 1.165) is 46.9 Å². The summed E-state index contributed by atoms with van der Waals surface area (Å²) in [4.78, 5) is 19.3. The van der Waals surface area contributed by atoms with E-state index < -0.39 is 0 Å². The maximum atomic E-state index is 12.5. The van der Waals surface area contributed by atoms with E-state index in [9.17, 15) is 4.79 Å². The van der Waals surface area contributed by atoms with E-state index in [1.54, 1.807) is 6.20 Å². The summed E-state index contributed by atoms with van der Waals surface area (Å²) < 4.78 is 0. The Kier molecular flexibility index (Phi) is 6.38. The van der Waals surface area contributed by atoms with Gasteiger partial charge in [0.25, 0.3) is 5.91 Å². The van der Waals surface area contributed by atoms with E-state index in [1.165, 1.54) is 24.9 Å². The van der Waals surface area contributed by atoms with Gasteiger partial charge in [-0.05, 0) is 73.7 Å². The number of pyridine rings is 1. The Hall–Kier alpha value is -3.93. The van der Waals surface area contributed by atoms with Gasteiger partial charge in [-0.3, -0.25) is 14.9 Å². The highest BCUT2D eigenvalue weighted by Crippen LogP contribution is 2.27. The number of carbonyl (C=O) groups is 1. The van der Waals surface area contributed by atoms with Crippen LogP contribution in [0.4, 0.5) is 5.69 Å². The lowest BCUT2D eigenvalue weighted by Gasteiger charge is -2.28. The Morgan fingerprint density at radius 1 is 0.971 bits per heavy atom. The molecule has 0 unspecified atom stereocenters. The summed E-state index contributed by atoms with van der Waals surface area (Å²) in [6, 6.07) is 22.2. The Morgan fingerprint density at radius 3 is 2.44 bits per heavy atom. The molecule has 0 saturated carbocycles. The molecular weight excluding hydrogens is 422 g/mol. The molecule has 172 valence electrons. The summed E-state index contributed by atoms with van der Waals surface area (Å²) in [5, 5.41) is 10.6. The molecular formula is C28H29N5O. The Labute approximate surface area is 200 Å². The molecule has 2 N–H and O–H groups in total. The number of benzene rings is 2. The molecule has 0 spiro atoms. The number of amides is 1. The van der Waals surface area contributed by atoms with E-state index >= 15 is 0 Å². The monoisotopic (exact) mass is 451 g/mol. The van der Waals surface area contributed by atoms with Crippen molar-refractivity contribution in [1.82, 2.24) is 20.5 Å². The molecule has 1 amide bonds. The van der Waals surface area contributed by atoms with Crippen LogP contribution in [0.25, 0.3) is 22.5 Å². The average Bonchev–Trinajstić information content (AvgIpc) is 3.39. The highest BCUT2D eigenvalue weighted by Gasteiger charge is 2.12. The van der Waals surface area contributed by atoms with Crippen molar-refractivity contribution in [3.05, 3.63) is 89.7 Å². The summed E-state index contributed by atoms with van der Waals surface area (Å²) in [6.45, 7) is 4.68. The van der Waals surface area contributed by atoms with Gasteiger partial charge < -0.3 is 10.2 Å². The van der Waals surface area contributed by atoms with Crippen molar-refractivity contribution in [1.29, 1.82) is 0 Å². The van der Waals surface area contributed by atoms with Crippen LogP contribution in [0.1, 0.15) is 40.9 Å². The number of hydrogen-bond donors (Lipinski definition) is 2. The first-order chi connectivity index (χ1) is 16.7. The number of nitrogens with zero attached hydrogens (tertiary/aromatic N) is 3. The van der Waals surface area contributed by atoms with Gasteiger partial charge in [0.1, 0.15) is 0 Å². The van der Waals surface area contributed by atoms with Gasteiger partial charge in [-0.1, -0.05) is 30.3 Å². The van der Waals surface area contributed by atoms with Gasteiger partial charge in [0.15, 0.2) is 0 Å². The molecule has 0 atom stereocenters. The number of carbonyl (C=O) groups excluding carboxylic acids is 1. The molecule has 3 heterocycles. The van der Waals surface area contributed by atoms with Crippen LogP contribution >= 0.6 is 0 Å². The van der Waals surface area contributed by atoms with Crippen LogP contribution in [-0.2, 0) is 6.54 Å². The number of rotatable bonds is 6. The topological polar surface area (TPSA) is 73.9 Å². The lowest BCUT2D eigenvalue weighted by molar-refractivity contribution is 0.0950. The van der Waals surface area contributed by atoms with Crippen LogP contribution in [0.15, 0.2) is 72.9 Å². The molecule has 6 nitrogen and oxygen atoms in total. The fourth-order valence-electron chi connectivity index (χ4n) is 4.38. The minimum absolute atomic E-state index is 0.115. The maximum absolute atomic E-state index is 12.5. The van der Waals surface area contributed by atoms with Crippen molar-refractivity contribution in [2.45, 2.75) is 32.7 Å². The third kappa shape index (κ3) is 4.86. The van der Waals surface area contributed by atoms with Crippen molar-refractivity contribution in [3.8, 4) is 22.5 Å². The molecule has 4 aromatic rings. The summed E-state index contributed by atoms with van der Waals surface area (Å²) in [7, 11) is 0. The van der Waals surface area contributed by atoms with Crippen molar-refractivity contribution < 1.29 is 4.79 Å². The van der Waals surface area contributed by atoms with Crippen molar-refractivity contribution in [3.63, 3.8) is 0 Å². The van der Waals surface area contributed by atoms with Crippen LogP contribution < -0.4 is 10.2 Å². The van der Waals surface area contributed by atoms with Gasteiger partial charge in [0, 0.05) is 36.1 Å². The first-order valence-electron chi connectivity index (χ1n) is 11.9. The fourth-order valence-corrected chi connectivity index (χ4v) is 4.38. The Bertz CT molecular complexity index is 1250. The number of hydrogen-bond acceptors (Lipinski definition) is 4. The van der Waals surface area contributed by atoms with Gasteiger partial charge in [-0.25, -0.2) is 0 Å². The number of aromatic amines is 1. The van der Waals surface area contributed by atoms with Crippen LogP contribution in [0.3, 0.4) is 0 Å². The second-order valence-electron chi connectivity index (χ2n) is 8.79. The van der Waals surface area contributed by atoms with Gasteiger partial charge in [-0.2, -0.15) is 5.10 Å². The van der Waals surface area contributed by atoms with Gasteiger partial charge in [-0.15, -0.1) is 0 Å². The van der Waals surface area contributed by atoms with E-state index in [4.69, 9.17) is 0 Å². The Morgan fingerprint density at radius 2 is 1.71 bits per heavy atom. The minimum Gasteiger partial charge on any atom is -0.372 e. The number of aromatic nitrogens is 3. The smallest absolute Gasteiger partial charge is 0.251 e. The standard InChI is InChI=1S/C28H29N5O/c1-20-6-5-15-29-27(20)19-30-28(34)23-9-7-21(8-10-23)25-18-26(32-31-25)22-11-13-24(14-12-22)33-16-3-2-4-17-33/h5-15,18H,2-4,16-17,19H2,1H3,(H,30,34)(H,31,32). The second kappa shape index (κ2) is 9.91. The maximum Gasteiger partial charge on any atom is 0.251 e. The number of piperidine rings is 1. The highest BCUT2D eigenvalue weighted by atomic mass is 16.1. The van der Waals surface area contributed by atoms with Gasteiger partial charge >= 0.3 is 0 Å². The van der Waals surface area contributed by atoms with Crippen molar-refractivity contribution in [2.75, 3.05) is 18.0 Å². The van der Waals surface area contributed by atoms with Crippen molar-refractivity contribution in [2.24, 2.45) is 0 Å². The zero-order chi connectivity index (χ0) is 23.3. The van der Waals surface area contributed by atoms with E-state index in [2.05, 4.69) is 55.7 Å². The van der Waals surface area contributed by atoms with Gasteiger partial charge in [0.2, 0.25) is 0 Å². The zero-order valence-corrected chi connectivity index (χ0v) is 19.4. The third-order valence-corrected chi connectivity index (χ3v) is 6.45. The van der Waals surface area contributed by atoms with Crippen LogP contribution in [-0.4, -0.2) is 34.2 Å². The largest absolute Gasteiger partial charge is 0.372 e. The average molecular weight is 452 g/mol. The van der Waals surface area contributed by atoms with E-state index in [-0.39, 0.29) is 5.91 Å². The second-order valence-corrected chi connectivity index (χ2v) is 8.79. The number of aryl methyl sites for hydroxylation is 1. The number of anilines is 1. The predicted molar refractivity (Wildman–Crippen MR) is 136 cm³/mol. The molecule has 0 aliphatic carbocycles. The lowest BCUT2D eigenvalue weighted by atomic mass is 10.1. The molecule has 0 radical (unpaired) electrons. The molecule has 1 aliphatic heterocycles. The first kappa shape index (κ1) is 21.9. The Balaban J connectivity index is 1.23. The third-order valence-electron chi connectivity index (χ3n) is 6.45. The molecule has 34 heavy (non-hydrogen) atoms. The fraction of sp³-hybridized carbons (Fsp3) is 0.250. The molecule has 0 bridgehead atoms. The molecule has 2 aromatic heterocycles. The summed E-state index contributed by atoms with van der Waals surface area (Å²) in [6.07, 6.45) is 5.62. The van der Waals surface area contributed by atoms with Crippen LogP contribution in [0, 0.1) is 6.92 Å². The van der Waals surface area contributed by atoms with Crippen LogP contribution in [0.2, 0.25) is 0 Å². The molecule has 1 aliphatic rings. The summed E-state index contributed by atoms with van der Waals surface area (Å²) in [5.74, 6) is -0.115. The normalized spacial score (nSPS) is 13.6. The predicted octanol–water partition coefficient (Wildman–Crippen LogP) is 5.37. The molecule has 1 fully saturated rings. The lowest BCUT2D eigenvalue weighted by Crippen LogP contribution is -2.29. The van der Waals surface area contributed by atoms with Gasteiger partial charge in [0.05, 0.1) is 23.6 Å². The van der Waals surface area contributed by atoms with E-state index in [1.807, 2.05) is 43.3 Å². The summed E-state index contributed by atoms with van der Waals surface area (Å²) >= 11 is 0. The van der Waals surface area contributed by atoms with Crippen molar-refractivity contribution >= 4 is 11.6 Å². The SMILES string of the molecule is Cc1cccnc1CNC(=O)c1ccc(-c2cc(-c3ccc(N4CCCCC4)cc3)n[nH]2)cc1. The minimum atomic E-state index is -0.115. The summed E-state index contributed by atoms with van der Waals surface area (Å²) in [5.41, 5.74) is 7.75. The van der Waals surface area contributed by atoms with Crippen LogP contribution in [0.5, 0.6) is 0 Å². The molecule has 6 heteroatoms. The quantitative estimate of drug-likeness (QED) is 0.413. The number of nitrogens with one attached hydrogen (secondary N) is 2. The van der Waals surface area contributed by atoms with E-state index in [0.29, 0.717) is 12.1 Å². The zero-order valence-electron chi connectivity index (χ0n) is 19.4.